The van der Waals surface area contributed by atoms with Crippen LogP contribution in [-0.4, -0.2) is 18.3 Å². The average molecular weight is 269 g/mol. The number of benzene rings is 2. The minimum Gasteiger partial charge on any atom is -0.367 e. The van der Waals surface area contributed by atoms with Crippen molar-refractivity contribution in [3.05, 3.63) is 60.2 Å². The van der Waals surface area contributed by atoms with Gasteiger partial charge in [-0.25, -0.2) is 0 Å². The summed E-state index contributed by atoms with van der Waals surface area (Å²) in [5.74, 6) is 1.14. The van der Waals surface area contributed by atoms with Crippen LogP contribution in [0.1, 0.15) is 12.5 Å². The van der Waals surface area contributed by atoms with E-state index in [2.05, 4.69) is 66.4 Å². The van der Waals surface area contributed by atoms with Gasteiger partial charge in [-0.2, -0.15) is 0 Å². The summed E-state index contributed by atoms with van der Waals surface area (Å²) in [5, 5.41) is 0. The Morgan fingerprint density at radius 3 is 2.63 bits per heavy atom. The molecule has 1 heterocycles. The summed E-state index contributed by atoms with van der Waals surface area (Å²) >= 11 is 1.94. The van der Waals surface area contributed by atoms with Crippen LogP contribution in [0.2, 0.25) is 0 Å². The summed E-state index contributed by atoms with van der Waals surface area (Å²) in [6, 6.07) is 20.1. The van der Waals surface area contributed by atoms with E-state index in [0.29, 0.717) is 6.04 Å². The Balaban J connectivity index is 1.61. The topological polar surface area (TPSA) is 3.24 Å². The predicted octanol–water partition coefficient (Wildman–Crippen LogP) is 4.23. The number of hydrogen-bond acceptors (Lipinski definition) is 2. The molecule has 2 heteroatoms. The first kappa shape index (κ1) is 12.6. The second-order valence-electron chi connectivity index (χ2n) is 5.04. The third-order valence-corrected chi connectivity index (χ3v) is 4.68. The van der Waals surface area contributed by atoms with Crippen LogP contribution in [0.15, 0.2) is 59.5 Å². The Morgan fingerprint density at radius 2 is 1.79 bits per heavy atom. The van der Waals surface area contributed by atoms with E-state index in [-0.39, 0.29) is 0 Å². The maximum atomic E-state index is 2.55. The summed E-state index contributed by atoms with van der Waals surface area (Å²) in [7, 11) is 0. The summed E-state index contributed by atoms with van der Waals surface area (Å²) in [6.07, 6.45) is 1.19. The number of para-hydroxylation sites is 1. The number of hydrogen-bond donors (Lipinski definition) is 0. The largest absolute Gasteiger partial charge is 0.367 e. The zero-order valence-corrected chi connectivity index (χ0v) is 12.1. The van der Waals surface area contributed by atoms with Gasteiger partial charge in [0, 0.05) is 28.9 Å². The highest BCUT2D eigenvalue weighted by Gasteiger charge is 2.24. The van der Waals surface area contributed by atoms with Crippen LogP contribution in [0, 0.1) is 0 Å². The Labute approximate surface area is 119 Å². The van der Waals surface area contributed by atoms with Gasteiger partial charge >= 0.3 is 0 Å². The van der Waals surface area contributed by atoms with Gasteiger partial charge in [-0.3, -0.25) is 0 Å². The summed E-state index contributed by atoms with van der Waals surface area (Å²) < 4.78 is 0. The first-order chi connectivity index (χ1) is 9.34. The number of rotatable bonds is 4. The van der Waals surface area contributed by atoms with E-state index in [9.17, 15) is 0 Å². The normalized spacial score (nSPS) is 17.5. The molecule has 0 fully saturated rings. The summed E-state index contributed by atoms with van der Waals surface area (Å²) in [6.45, 7) is 3.45. The van der Waals surface area contributed by atoms with Crippen LogP contribution >= 0.6 is 11.8 Å². The monoisotopic (exact) mass is 269 g/mol. The molecule has 98 valence electrons. The summed E-state index contributed by atoms with van der Waals surface area (Å²) in [4.78, 5) is 3.91. The maximum absolute atomic E-state index is 2.55. The third kappa shape index (κ3) is 2.79. The van der Waals surface area contributed by atoms with Crippen molar-refractivity contribution in [1.82, 2.24) is 0 Å². The molecular weight excluding hydrogens is 250 g/mol. The predicted molar refractivity (Wildman–Crippen MR) is 84.1 cm³/mol. The van der Waals surface area contributed by atoms with E-state index in [0.717, 1.165) is 12.3 Å². The second kappa shape index (κ2) is 5.70. The minimum atomic E-state index is 0.633. The number of anilines is 1. The molecule has 1 aliphatic rings. The van der Waals surface area contributed by atoms with Gasteiger partial charge < -0.3 is 4.90 Å². The molecule has 0 radical (unpaired) electrons. The van der Waals surface area contributed by atoms with Crippen LogP contribution < -0.4 is 4.90 Å². The van der Waals surface area contributed by atoms with E-state index < -0.39 is 0 Å². The molecule has 3 rings (SSSR count). The Bertz CT molecular complexity index is 538. The van der Waals surface area contributed by atoms with Gasteiger partial charge in [-0.15, -0.1) is 11.8 Å². The lowest BCUT2D eigenvalue weighted by Crippen LogP contribution is -2.31. The van der Waals surface area contributed by atoms with Crippen molar-refractivity contribution in [1.29, 1.82) is 0 Å². The molecule has 2 aromatic carbocycles. The van der Waals surface area contributed by atoms with E-state index in [1.165, 1.54) is 22.6 Å². The van der Waals surface area contributed by atoms with E-state index in [1.54, 1.807) is 0 Å². The van der Waals surface area contributed by atoms with Gasteiger partial charge in [0.1, 0.15) is 0 Å². The Kier molecular flexibility index (Phi) is 3.79. The van der Waals surface area contributed by atoms with Gasteiger partial charge in [-0.1, -0.05) is 36.4 Å². The fourth-order valence-corrected chi connectivity index (χ4v) is 3.62. The second-order valence-corrected chi connectivity index (χ2v) is 6.21. The minimum absolute atomic E-state index is 0.633. The van der Waals surface area contributed by atoms with Crippen molar-refractivity contribution in [2.45, 2.75) is 24.3 Å². The van der Waals surface area contributed by atoms with Crippen LogP contribution in [0.25, 0.3) is 0 Å². The fraction of sp³-hybridized carbons (Fsp3) is 0.294. The molecule has 0 saturated carbocycles. The first-order valence-corrected chi connectivity index (χ1v) is 7.85. The maximum Gasteiger partial charge on any atom is 0.0402 e. The molecule has 1 aliphatic heterocycles. The quantitative estimate of drug-likeness (QED) is 0.764. The van der Waals surface area contributed by atoms with E-state index >= 15 is 0 Å². The standard InChI is InChI=1S/C17H19NS/c1-14-13-15-7-5-6-10-17(15)18(14)11-12-19-16-8-3-2-4-9-16/h2-10,14H,11-13H2,1H3. The number of nitrogens with zero attached hydrogens (tertiary/aromatic N) is 1. The molecule has 19 heavy (non-hydrogen) atoms. The van der Waals surface area contributed by atoms with Gasteiger partial charge in [0.2, 0.25) is 0 Å². The molecule has 1 nitrogen and oxygen atoms in total. The van der Waals surface area contributed by atoms with Crippen LogP contribution in [0.4, 0.5) is 5.69 Å². The summed E-state index contributed by atoms with van der Waals surface area (Å²) in [5.41, 5.74) is 2.93. The molecule has 0 N–H and O–H groups in total. The van der Waals surface area contributed by atoms with Gasteiger partial charge in [-0.05, 0) is 37.1 Å². The molecule has 0 bridgehead atoms. The van der Waals surface area contributed by atoms with Gasteiger partial charge in [0.05, 0.1) is 0 Å². The highest BCUT2D eigenvalue weighted by molar-refractivity contribution is 7.99. The molecule has 0 aromatic heterocycles. The highest BCUT2D eigenvalue weighted by atomic mass is 32.2. The van der Waals surface area contributed by atoms with Gasteiger partial charge in [0.25, 0.3) is 0 Å². The smallest absolute Gasteiger partial charge is 0.0402 e. The van der Waals surface area contributed by atoms with E-state index in [4.69, 9.17) is 0 Å². The van der Waals surface area contributed by atoms with Crippen molar-refractivity contribution in [3.8, 4) is 0 Å². The molecular formula is C17H19NS. The average Bonchev–Trinajstić information content (AvgIpc) is 2.76. The SMILES string of the molecule is CC1Cc2ccccc2N1CCSc1ccccc1. The Hall–Kier alpha value is -1.41. The van der Waals surface area contributed by atoms with Crippen LogP contribution in [-0.2, 0) is 6.42 Å². The molecule has 0 amide bonds. The van der Waals surface area contributed by atoms with Crippen molar-refractivity contribution < 1.29 is 0 Å². The highest BCUT2D eigenvalue weighted by Crippen LogP contribution is 2.32. The Morgan fingerprint density at radius 1 is 1.05 bits per heavy atom. The molecule has 1 unspecified atom stereocenters. The third-order valence-electron chi connectivity index (χ3n) is 3.69. The molecule has 0 spiro atoms. The lowest BCUT2D eigenvalue weighted by Gasteiger charge is -2.24. The number of fused-ring (bicyclic) bond motifs is 1. The fourth-order valence-electron chi connectivity index (χ4n) is 2.75. The van der Waals surface area contributed by atoms with Crippen molar-refractivity contribution in [2.24, 2.45) is 0 Å². The molecule has 0 aliphatic carbocycles. The lowest BCUT2D eigenvalue weighted by molar-refractivity contribution is 0.693. The van der Waals surface area contributed by atoms with Crippen molar-refractivity contribution in [2.75, 3.05) is 17.2 Å². The van der Waals surface area contributed by atoms with Crippen molar-refractivity contribution in [3.63, 3.8) is 0 Å². The molecule has 1 atom stereocenters. The van der Waals surface area contributed by atoms with Gasteiger partial charge in [0.15, 0.2) is 0 Å². The molecule has 0 saturated heterocycles. The zero-order valence-electron chi connectivity index (χ0n) is 11.3. The zero-order chi connectivity index (χ0) is 13.1. The van der Waals surface area contributed by atoms with E-state index in [1.807, 2.05) is 11.8 Å². The number of thioether (sulfide) groups is 1. The van der Waals surface area contributed by atoms with Crippen LogP contribution in [0.3, 0.4) is 0 Å². The molecule has 2 aromatic rings. The lowest BCUT2D eigenvalue weighted by atomic mass is 10.1. The van der Waals surface area contributed by atoms with Crippen LogP contribution in [0.5, 0.6) is 0 Å². The van der Waals surface area contributed by atoms with Crippen molar-refractivity contribution >= 4 is 17.4 Å². The first-order valence-electron chi connectivity index (χ1n) is 6.87.